The highest BCUT2D eigenvalue weighted by Gasteiger charge is 2.34. The summed E-state index contributed by atoms with van der Waals surface area (Å²) in [5.41, 5.74) is 1.10. The molecule has 1 aromatic heterocycles. The summed E-state index contributed by atoms with van der Waals surface area (Å²) in [6.45, 7) is 4.84. The first kappa shape index (κ1) is 22.9. The van der Waals surface area contributed by atoms with Crippen LogP contribution in [0.4, 0.5) is 10.1 Å². The highest BCUT2D eigenvalue weighted by molar-refractivity contribution is 6.07. The number of fused-ring (bicyclic) bond motifs is 2. The predicted molar refractivity (Wildman–Crippen MR) is 129 cm³/mol. The van der Waals surface area contributed by atoms with Crippen LogP contribution < -0.4 is 15.1 Å². The zero-order chi connectivity index (χ0) is 24.7. The van der Waals surface area contributed by atoms with E-state index in [2.05, 4.69) is 10.1 Å². The van der Waals surface area contributed by atoms with Crippen LogP contribution in [0.5, 0.6) is 5.75 Å². The highest BCUT2D eigenvalue weighted by atomic mass is 19.1. The van der Waals surface area contributed by atoms with E-state index in [0.717, 1.165) is 11.6 Å². The average Bonchev–Trinajstić information content (AvgIpc) is 2.88. The zero-order valence-electron chi connectivity index (χ0n) is 19.1. The van der Waals surface area contributed by atoms with Gasteiger partial charge in [0.05, 0.1) is 17.2 Å². The number of rotatable bonds is 4. The molecule has 2 aromatic carbocycles. The minimum absolute atomic E-state index is 0.0495. The molecule has 0 aliphatic carbocycles. The number of carbonyl (C=O) groups is 1. The number of piperazine rings is 1. The van der Waals surface area contributed by atoms with Gasteiger partial charge in [0.2, 0.25) is 5.43 Å². The number of para-hydroxylation sites is 1. The number of carboxylic acids is 1. The number of oxime groups is 1. The fourth-order valence-electron chi connectivity index (χ4n) is 4.96. The molecule has 9 nitrogen and oxygen atoms in total. The van der Waals surface area contributed by atoms with Crippen LogP contribution in [0.3, 0.4) is 0 Å². The van der Waals surface area contributed by atoms with E-state index in [1.54, 1.807) is 10.6 Å². The second kappa shape index (κ2) is 9.03. The molecule has 1 saturated heterocycles. The third-order valence-electron chi connectivity index (χ3n) is 6.80. The second-order valence-corrected chi connectivity index (χ2v) is 8.62. The largest absolute Gasteiger partial charge is 0.491 e. The Morgan fingerprint density at radius 2 is 1.94 bits per heavy atom. The van der Waals surface area contributed by atoms with E-state index in [-0.39, 0.29) is 17.0 Å². The van der Waals surface area contributed by atoms with Gasteiger partial charge in [0, 0.05) is 49.9 Å². The maximum Gasteiger partial charge on any atom is 0.341 e. The van der Waals surface area contributed by atoms with E-state index in [0.29, 0.717) is 62.0 Å². The van der Waals surface area contributed by atoms with Crippen LogP contribution in [-0.2, 0) is 6.54 Å². The van der Waals surface area contributed by atoms with Crippen molar-refractivity contribution in [1.29, 1.82) is 0 Å². The van der Waals surface area contributed by atoms with Gasteiger partial charge < -0.3 is 24.5 Å². The molecule has 0 bridgehead atoms. The molecule has 0 spiro atoms. The molecule has 2 aliphatic heterocycles. The Balaban J connectivity index is 1.40. The third kappa shape index (κ3) is 3.89. The van der Waals surface area contributed by atoms with E-state index in [1.165, 1.54) is 6.20 Å². The maximum absolute atomic E-state index is 15.2. The molecular formula is C25H25FN4O5. The van der Waals surface area contributed by atoms with Crippen molar-refractivity contribution in [3.8, 4) is 5.75 Å². The Morgan fingerprint density at radius 1 is 1.20 bits per heavy atom. The Labute approximate surface area is 200 Å². The number of benzene rings is 2. The van der Waals surface area contributed by atoms with E-state index in [4.69, 9.17) is 4.74 Å². The van der Waals surface area contributed by atoms with Gasteiger partial charge in [-0.15, -0.1) is 0 Å². The molecule has 5 rings (SSSR count). The summed E-state index contributed by atoms with van der Waals surface area (Å²) in [6, 6.07) is 9.97. The summed E-state index contributed by atoms with van der Waals surface area (Å²) in [4.78, 5) is 28.1. The molecule has 0 saturated carbocycles. The standard InChI is InChI=1S/C25H25FN4O5/c1-2-28-13-17(25(32)33)24(31)16-11-18(26)20(12-19(16)28)29-7-9-30(10-8-29)21-14-35-22-6-4-3-5-15(22)23(21)27-34/h3-6,11-13,21,34H,2,7-10,14H2,1H3,(H,32,33)/b27-23+. The van der Waals surface area contributed by atoms with Crippen molar-refractivity contribution in [1.82, 2.24) is 9.47 Å². The fraction of sp³-hybridized carbons (Fsp3) is 0.320. The van der Waals surface area contributed by atoms with Crippen molar-refractivity contribution in [2.24, 2.45) is 5.16 Å². The summed E-state index contributed by atoms with van der Waals surface area (Å²) < 4.78 is 22.7. The molecule has 1 unspecified atom stereocenters. The first-order chi connectivity index (χ1) is 16.9. The number of carboxylic acid groups (broad SMARTS) is 1. The topological polar surface area (TPSA) is 108 Å². The normalized spacial score (nSPS) is 19.5. The smallest absolute Gasteiger partial charge is 0.341 e. The quantitative estimate of drug-likeness (QED) is 0.437. The van der Waals surface area contributed by atoms with Crippen molar-refractivity contribution < 1.29 is 24.2 Å². The van der Waals surface area contributed by atoms with Crippen molar-refractivity contribution in [2.75, 3.05) is 37.7 Å². The molecule has 3 aromatic rings. The Morgan fingerprint density at radius 3 is 2.63 bits per heavy atom. The number of halogens is 1. The third-order valence-corrected chi connectivity index (χ3v) is 6.80. The lowest BCUT2D eigenvalue weighted by Gasteiger charge is -2.41. The molecule has 182 valence electrons. The summed E-state index contributed by atoms with van der Waals surface area (Å²) >= 11 is 0. The fourth-order valence-corrected chi connectivity index (χ4v) is 4.96. The summed E-state index contributed by atoms with van der Waals surface area (Å²) in [6.07, 6.45) is 1.31. The van der Waals surface area contributed by atoms with Crippen LogP contribution in [0.25, 0.3) is 10.9 Å². The minimum Gasteiger partial charge on any atom is -0.491 e. The van der Waals surface area contributed by atoms with Gasteiger partial charge in [-0.3, -0.25) is 9.69 Å². The van der Waals surface area contributed by atoms with Gasteiger partial charge in [0.15, 0.2) is 0 Å². The van der Waals surface area contributed by atoms with Crippen molar-refractivity contribution in [3.05, 3.63) is 69.8 Å². The summed E-state index contributed by atoms with van der Waals surface area (Å²) in [5.74, 6) is -1.22. The molecule has 0 radical (unpaired) electrons. The first-order valence-corrected chi connectivity index (χ1v) is 11.5. The molecule has 35 heavy (non-hydrogen) atoms. The van der Waals surface area contributed by atoms with Gasteiger partial charge >= 0.3 is 5.97 Å². The van der Waals surface area contributed by atoms with Crippen LogP contribution in [0, 0.1) is 5.82 Å². The molecular weight excluding hydrogens is 455 g/mol. The number of hydrogen-bond donors (Lipinski definition) is 2. The number of aryl methyl sites for hydroxylation is 1. The molecule has 2 N–H and O–H groups in total. The Hall–Kier alpha value is -3.92. The molecule has 3 heterocycles. The second-order valence-electron chi connectivity index (χ2n) is 8.62. The molecule has 10 heteroatoms. The number of ether oxygens (including phenoxy) is 1. The number of hydrogen-bond acceptors (Lipinski definition) is 7. The zero-order valence-corrected chi connectivity index (χ0v) is 19.1. The van der Waals surface area contributed by atoms with E-state index in [1.807, 2.05) is 36.1 Å². The number of anilines is 1. The lowest BCUT2D eigenvalue weighted by molar-refractivity contribution is 0.0695. The van der Waals surface area contributed by atoms with Crippen molar-refractivity contribution in [3.63, 3.8) is 0 Å². The summed E-state index contributed by atoms with van der Waals surface area (Å²) in [7, 11) is 0. The number of nitrogens with zero attached hydrogens (tertiary/aromatic N) is 4. The van der Waals surface area contributed by atoms with Crippen LogP contribution in [0.15, 0.2) is 52.5 Å². The van der Waals surface area contributed by atoms with Gasteiger partial charge in [0.25, 0.3) is 0 Å². The number of pyridine rings is 1. The first-order valence-electron chi connectivity index (χ1n) is 11.5. The molecule has 2 aliphatic rings. The van der Waals surface area contributed by atoms with Crippen molar-refractivity contribution >= 4 is 28.3 Å². The van der Waals surface area contributed by atoms with E-state index < -0.39 is 17.2 Å². The van der Waals surface area contributed by atoms with Gasteiger partial charge in [-0.1, -0.05) is 17.3 Å². The average molecular weight is 480 g/mol. The van der Waals surface area contributed by atoms with Crippen LogP contribution >= 0.6 is 0 Å². The maximum atomic E-state index is 15.2. The van der Waals surface area contributed by atoms with Crippen LogP contribution in [0.1, 0.15) is 22.8 Å². The monoisotopic (exact) mass is 480 g/mol. The Kier molecular flexibility index (Phi) is 5.89. The number of aromatic carboxylic acids is 1. The van der Waals surface area contributed by atoms with Gasteiger partial charge in [-0.25, -0.2) is 9.18 Å². The number of aromatic nitrogens is 1. The molecule has 1 atom stereocenters. The highest BCUT2D eigenvalue weighted by Crippen LogP contribution is 2.30. The molecule has 1 fully saturated rings. The van der Waals surface area contributed by atoms with E-state index >= 15 is 4.39 Å². The van der Waals surface area contributed by atoms with Gasteiger partial charge in [0.1, 0.15) is 29.4 Å². The SMILES string of the molecule is CCn1cc(C(=O)O)c(=O)c2cc(F)c(N3CCN(C4COc5ccccc5/C4=N\O)CC3)cc21. The van der Waals surface area contributed by atoms with Gasteiger partial charge in [-0.05, 0) is 31.2 Å². The predicted octanol–water partition coefficient (Wildman–Crippen LogP) is 2.62. The van der Waals surface area contributed by atoms with Crippen LogP contribution in [-0.4, -0.2) is 70.3 Å². The lowest BCUT2D eigenvalue weighted by atomic mass is 9.98. The Bertz CT molecular complexity index is 1390. The van der Waals surface area contributed by atoms with Crippen LogP contribution in [0.2, 0.25) is 0 Å². The lowest BCUT2D eigenvalue weighted by Crippen LogP contribution is -2.56. The molecule has 0 amide bonds. The minimum atomic E-state index is -1.33. The van der Waals surface area contributed by atoms with Crippen molar-refractivity contribution in [2.45, 2.75) is 19.5 Å². The summed E-state index contributed by atoms with van der Waals surface area (Å²) in [5, 5.41) is 22.7. The van der Waals surface area contributed by atoms with E-state index in [9.17, 15) is 19.9 Å². The van der Waals surface area contributed by atoms with Gasteiger partial charge in [-0.2, -0.15) is 0 Å².